The molecule has 0 fully saturated rings. The maximum absolute atomic E-state index is 4.90. The van der Waals surface area contributed by atoms with E-state index in [2.05, 4.69) is 50.1 Å². The minimum absolute atomic E-state index is 0.736. The molecule has 1 aromatic carbocycles. The number of aromatic nitrogens is 6. The summed E-state index contributed by atoms with van der Waals surface area (Å²) in [7, 11) is 0. The van der Waals surface area contributed by atoms with Crippen LogP contribution in [0.3, 0.4) is 0 Å². The first-order chi connectivity index (χ1) is 12.7. The molecule has 3 aromatic heterocycles. The van der Waals surface area contributed by atoms with Crippen LogP contribution in [0.2, 0.25) is 0 Å². The van der Waals surface area contributed by atoms with E-state index in [4.69, 9.17) is 15.1 Å². The van der Waals surface area contributed by atoms with E-state index in [0.29, 0.717) is 0 Å². The molecule has 0 aliphatic rings. The van der Waals surface area contributed by atoms with E-state index in [1.807, 2.05) is 15.4 Å². The summed E-state index contributed by atoms with van der Waals surface area (Å²) in [5.41, 5.74) is 4.01. The van der Waals surface area contributed by atoms with Crippen LogP contribution < -0.4 is 0 Å². The summed E-state index contributed by atoms with van der Waals surface area (Å²) in [5.74, 6) is 1.69. The second kappa shape index (κ2) is 6.86. The van der Waals surface area contributed by atoms with Gasteiger partial charge in [0.2, 0.25) is 0 Å². The summed E-state index contributed by atoms with van der Waals surface area (Å²) in [6, 6.07) is 8.32. The van der Waals surface area contributed by atoms with Crippen molar-refractivity contribution in [2.75, 3.05) is 0 Å². The third-order valence-corrected chi connectivity index (χ3v) is 4.64. The summed E-state index contributed by atoms with van der Waals surface area (Å²) < 4.78 is 3.89. The Morgan fingerprint density at radius 3 is 2.50 bits per heavy atom. The summed E-state index contributed by atoms with van der Waals surface area (Å²) in [6.07, 6.45) is 5.97. The Bertz CT molecular complexity index is 1040. The molecule has 0 amide bonds. The highest BCUT2D eigenvalue weighted by Crippen LogP contribution is 2.23. The number of nitrogens with zero attached hydrogens (tertiary/aromatic N) is 6. The van der Waals surface area contributed by atoms with Crippen molar-refractivity contribution in [3.63, 3.8) is 0 Å². The van der Waals surface area contributed by atoms with E-state index in [-0.39, 0.29) is 0 Å². The predicted molar refractivity (Wildman–Crippen MR) is 103 cm³/mol. The lowest BCUT2D eigenvalue weighted by atomic mass is 10.1. The maximum atomic E-state index is 4.90. The second-order valence-corrected chi connectivity index (χ2v) is 6.77. The quantitative estimate of drug-likeness (QED) is 0.524. The van der Waals surface area contributed by atoms with E-state index < -0.39 is 0 Å². The van der Waals surface area contributed by atoms with Gasteiger partial charge in [0.1, 0.15) is 5.82 Å². The number of fused-ring (bicyclic) bond motifs is 3. The molecule has 0 atom stereocenters. The maximum Gasteiger partial charge on any atom is 0.182 e. The topological polar surface area (TPSA) is 60.9 Å². The molecule has 0 bridgehead atoms. The van der Waals surface area contributed by atoms with E-state index in [9.17, 15) is 0 Å². The SMILES string of the molecule is CCCCc1nc2c(cnn2CCC)c2nc(-c3ccc(C)cc3)nn12. The van der Waals surface area contributed by atoms with Gasteiger partial charge in [-0.15, -0.1) is 5.10 Å². The van der Waals surface area contributed by atoms with E-state index in [1.165, 1.54) is 5.56 Å². The van der Waals surface area contributed by atoms with Gasteiger partial charge in [-0.3, -0.25) is 0 Å². The Labute approximate surface area is 152 Å². The average molecular weight is 348 g/mol. The van der Waals surface area contributed by atoms with Gasteiger partial charge in [0.15, 0.2) is 17.1 Å². The zero-order chi connectivity index (χ0) is 18.1. The fraction of sp³-hybridized carbons (Fsp3) is 0.400. The summed E-state index contributed by atoms with van der Waals surface area (Å²) >= 11 is 0. The standard InChI is InChI=1S/C20H24N6/c1-4-6-7-17-22-19-16(13-21-25(19)12-5-2)20-23-18(24-26(17)20)15-10-8-14(3)9-11-15/h8-11,13H,4-7,12H2,1-3H3. The van der Waals surface area contributed by atoms with Crippen molar-refractivity contribution in [3.05, 3.63) is 41.9 Å². The molecule has 0 saturated heterocycles. The number of unbranched alkanes of at least 4 members (excludes halogenated alkanes) is 1. The molecule has 134 valence electrons. The van der Waals surface area contributed by atoms with Crippen LogP contribution in [0.4, 0.5) is 0 Å². The third-order valence-electron chi connectivity index (χ3n) is 4.64. The Kier molecular flexibility index (Phi) is 4.41. The molecular weight excluding hydrogens is 324 g/mol. The van der Waals surface area contributed by atoms with Gasteiger partial charge in [-0.2, -0.15) is 9.61 Å². The molecule has 6 nitrogen and oxygen atoms in total. The van der Waals surface area contributed by atoms with Crippen molar-refractivity contribution in [3.8, 4) is 11.4 Å². The Morgan fingerprint density at radius 2 is 1.77 bits per heavy atom. The molecule has 0 saturated carbocycles. The molecule has 4 rings (SSSR count). The first-order valence-corrected chi connectivity index (χ1v) is 9.39. The van der Waals surface area contributed by atoms with Crippen molar-refractivity contribution in [2.45, 2.75) is 53.0 Å². The first kappa shape index (κ1) is 16.7. The average Bonchev–Trinajstić information content (AvgIpc) is 3.25. The minimum atomic E-state index is 0.736. The van der Waals surface area contributed by atoms with Crippen LogP contribution in [0.5, 0.6) is 0 Å². The lowest BCUT2D eigenvalue weighted by molar-refractivity contribution is 0.613. The number of aryl methyl sites for hydroxylation is 3. The van der Waals surface area contributed by atoms with Crippen molar-refractivity contribution in [1.29, 1.82) is 0 Å². The van der Waals surface area contributed by atoms with Crippen LogP contribution in [-0.2, 0) is 13.0 Å². The van der Waals surface area contributed by atoms with E-state index >= 15 is 0 Å². The highest BCUT2D eigenvalue weighted by atomic mass is 15.4. The van der Waals surface area contributed by atoms with Gasteiger partial charge in [-0.1, -0.05) is 50.1 Å². The fourth-order valence-corrected chi connectivity index (χ4v) is 3.19. The van der Waals surface area contributed by atoms with Crippen molar-refractivity contribution >= 4 is 16.7 Å². The van der Waals surface area contributed by atoms with Gasteiger partial charge in [0.25, 0.3) is 0 Å². The largest absolute Gasteiger partial charge is 0.247 e. The van der Waals surface area contributed by atoms with Gasteiger partial charge in [-0.05, 0) is 19.8 Å². The molecule has 0 unspecified atom stereocenters. The summed E-state index contributed by atoms with van der Waals surface area (Å²) in [5, 5.41) is 10.3. The molecule has 3 heterocycles. The van der Waals surface area contributed by atoms with Crippen LogP contribution in [0.1, 0.15) is 44.5 Å². The Balaban J connectivity index is 1.93. The van der Waals surface area contributed by atoms with Crippen LogP contribution in [-0.4, -0.2) is 29.4 Å². The summed E-state index contributed by atoms with van der Waals surface area (Å²) in [6.45, 7) is 7.28. The van der Waals surface area contributed by atoms with Crippen LogP contribution in [0, 0.1) is 6.92 Å². The normalized spacial score (nSPS) is 11.7. The molecule has 0 aliphatic heterocycles. The smallest absolute Gasteiger partial charge is 0.182 e. The van der Waals surface area contributed by atoms with Crippen LogP contribution in [0.15, 0.2) is 30.5 Å². The summed E-state index contributed by atoms with van der Waals surface area (Å²) in [4.78, 5) is 9.74. The highest BCUT2D eigenvalue weighted by molar-refractivity contribution is 5.89. The minimum Gasteiger partial charge on any atom is -0.247 e. The predicted octanol–water partition coefficient (Wildman–Crippen LogP) is 4.20. The fourth-order valence-electron chi connectivity index (χ4n) is 3.19. The Morgan fingerprint density at radius 1 is 0.962 bits per heavy atom. The third kappa shape index (κ3) is 2.85. The van der Waals surface area contributed by atoms with Crippen LogP contribution >= 0.6 is 0 Å². The molecule has 0 aliphatic carbocycles. The van der Waals surface area contributed by atoms with Gasteiger partial charge in [0.05, 0.1) is 11.6 Å². The number of hydrogen-bond donors (Lipinski definition) is 0. The molecule has 0 spiro atoms. The molecule has 0 radical (unpaired) electrons. The molecule has 6 heteroatoms. The van der Waals surface area contributed by atoms with Gasteiger partial charge in [0, 0.05) is 18.5 Å². The lowest BCUT2D eigenvalue weighted by Crippen LogP contribution is -2.06. The zero-order valence-corrected chi connectivity index (χ0v) is 15.6. The lowest BCUT2D eigenvalue weighted by Gasteiger charge is -2.05. The molecule has 4 aromatic rings. The van der Waals surface area contributed by atoms with Gasteiger partial charge in [-0.25, -0.2) is 14.6 Å². The second-order valence-electron chi connectivity index (χ2n) is 6.77. The molecular formula is C20H24N6. The monoisotopic (exact) mass is 348 g/mol. The molecule has 26 heavy (non-hydrogen) atoms. The highest BCUT2D eigenvalue weighted by Gasteiger charge is 2.17. The first-order valence-electron chi connectivity index (χ1n) is 9.39. The number of rotatable bonds is 6. The van der Waals surface area contributed by atoms with Gasteiger partial charge < -0.3 is 0 Å². The van der Waals surface area contributed by atoms with Crippen molar-refractivity contribution in [2.24, 2.45) is 0 Å². The van der Waals surface area contributed by atoms with Crippen molar-refractivity contribution in [1.82, 2.24) is 29.4 Å². The van der Waals surface area contributed by atoms with Crippen LogP contribution in [0.25, 0.3) is 28.1 Å². The van der Waals surface area contributed by atoms with E-state index in [1.54, 1.807) is 0 Å². The van der Waals surface area contributed by atoms with E-state index in [0.717, 1.165) is 66.1 Å². The van der Waals surface area contributed by atoms with Crippen molar-refractivity contribution < 1.29 is 0 Å². The zero-order valence-electron chi connectivity index (χ0n) is 15.6. The van der Waals surface area contributed by atoms with Gasteiger partial charge >= 0.3 is 0 Å². The number of hydrogen-bond acceptors (Lipinski definition) is 4. The molecule has 0 N–H and O–H groups in total. The number of benzene rings is 1. The Hall–Kier alpha value is -2.76.